The van der Waals surface area contributed by atoms with E-state index in [1.165, 1.54) is 23.6 Å². The van der Waals surface area contributed by atoms with Crippen LogP contribution in [0.3, 0.4) is 0 Å². The summed E-state index contributed by atoms with van der Waals surface area (Å²) in [7, 11) is 0. The van der Waals surface area contributed by atoms with Crippen molar-refractivity contribution in [1.29, 1.82) is 0 Å². The van der Waals surface area contributed by atoms with E-state index in [-0.39, 0.29) is 38.1 Å². The highest BCUT2D eigenvalue weighted by molar-refractivity contribution is 7.98. The molecular formula is C30H49N7O12S. The van der Waals surface area contributed by atoms with Crippen LogP contribution < -0.4 is 32.3 Å². The quantitative estimate of drug-likeness (QED) is 0.0561. The van der Waals surface area contributed by atoms with Gasteiger partial charge in [0.25, 0.3) is 0 Å². The number of carbonyl (C=O) groups excluding carboxylic acids is 6. The second-order valence-corrected chi connectivity index (χ2v) is 13.2. The lowest BCUT2D eigenvalue weighted by Gasteiger charge is -2.30. The van der Waals surface area contributed by atoms with Gasteiger partial charge in [-0.1, -0.05) is 13.8 Å². The van der Waals surface area contributed by atoms with Gasteiger partial charge in [-0.05, 0) is 57.0 Å². The van der Waals surface area contributed by atoms with E-state index in [1.54, 1.807) is 20.1 Å². The summed E-state index contributed by atoms with van der Waals surface area (Å²) in [4.78, 5) is 113. The lowest BCUT2D eigenvalue weighted by Crippen LogP contribution is -2.59. The molecule has 6 unspecified atom stereocenters. The van der Waals surface area contributed by atoms with E-state index in [0.29, 0.717) is 12.2 Å². The minimum Gasteiger partial charge on any atom is -0.481 e. The van der Waals surface area contributed by atoms with Crippen LogP contribution in [0.15, 0.2) is 0 Å². The molecular weight excluding hydrogens is 682 g/mol. The maximum atomic E-state index is 13.6. The molecule has 0 radical (unpaired) electrons. The van der Waals surface area contributed by atoms with Gasteiger partial charge in [0.15, 0.2) is 0 Å². The number of nitrogens with one attached hydrogen (secondary N) is 5. The van der Waals surface area contributed by atoms with Gasteiger partial charge in [0, 0.05) is 13.0 Å². The molecule has 0 bridgehead atoms. The molecule has 1 aliphatic heterocycles. The highest BCUT2D eigenvalue weighted by Gasteiger charge is 2.38. The Balaban J connectivity index is 3.10. The second kappa shape index (κ2) is 21.6. The number of carboxylic acid groups (broad SMARTS) is 3. The van der Waals surface area contributed by atoms with Crippen molar-refractivity contribution in [3.05, 3.63) is 0 Å². The molecule has 0 aromatic carbocycles. The zero-order valence-electron chi connectivity index (χ0n) is 28.6. The Labute approximate surface area is 293 Å². The molecule has 6 amide bonds. The third-order valence-electron chi connectivity index (χ3n) is 7.58. The monoisotopic (exact) mass is 731 g/mol. The molecule has 1 aliphatic rings. The Kier molecular flexibility index (Phi) is 18.8. The van der Waals surface area contributed by atoms with Crippen molar-refractivity contribution in [3.8, 4) is 0 Å². The first-order valence-corrected chi connectivity index (χ1v) is 17.5. The number of aliphatic carboxylic acids is 3. The molecule has 0 saturated carbocycles. The van der Waals surface area contributed by atoms with Gasteiger partial charge < -0.3 is 52.5 Å². The number of carboxylic acids is 3. The number of thioether (sulfide) groups is 1. The van der Waals surface area contributed by atoms with Crippen molar-refractivity contribution in [1.82, 2.24) is 31.5 Å². The second-order valence-electron chi connectivity index (χ2n) is 12.3. The van der Waals surface area contributed by atoms with E-state index in [9.17, 15) is 48.3 Å². The van der Waals surface area contributed by atoms with Gasteiger partial charge in [0.05, 0.1) is 12.5 Å². The van der Waals surface area contributed by atoms with Crippen LogP contribution in [0.5, 0.6) is 0 Å². The molecule has 0 aromatic heterocycles. The zero-order valence-corrected chi connectivity index (χ0v) is 29.4. The molecule has 20 heteroatoms. The maximum Gasteiger partial charge on any atom is 0.322 e. The molecule has 0 aromatic rings. The molecule has 1 saturated heterocycles. The van der Waals surface area contributed by atoms with Gasteiger partial charge in [-0.3, -0.25) is 43.2 Å². The molecule has 1 fully saturated rings. The number of nitrogens with zero attached hydrogens (tertiary/aromatic N) is 1. The third-order valence-corrected chi connectivity index (χ3v) is 8.22. The van der Waals surface area contributed by atoms with E-state index in [0.717, 1.165) is 0 Å². The molecule has 6 atom stereocenters. The summed E-state index contributed by atoms with van der Waals surface area (Å²) in [5, 5.41) is 39.1. The Bertz CT molecular complexity index is 1270. The summed E-state index contributed by atoms with van der Waals surface area (Å²) in [5.74, 6) is -8.27. The van der Waals surface area contributed by atoms with E-state index in [2.05, 4.69) is 26.6 Å². The third kappa shape index (κ3) is 15.4. The zero-order chi connectivity index (χ0) is 38.1. The molecule has 0 spiro atoms. The van der Waals surface area contributed by atoms with Crippen LogP contribution in [0.1, 0.15) is 65.7 Å². The maximum absolute atomic E-state index is 13.6. The average molecular weight is 732 g/mol. The van der Waals surface area contributed by atoms with Crippen molar-refractivity contribution in [2.45, 2.75) is 102 Å². The van der Waals surface area contributed by atoms with Gasteiger partial charge >= 0.3 is 17.9 Å². The molecule has 19 nitrogen and oxygen atoms in total. The van der Waals surface area contributed by atoms with E-state index >= 15 is 0 Å². The number of rotatable bonds is 22. The fraction of sp³-hybridized carbons (Fsp3) is 0.700. The number of hydrogen-bond donors (Lipinski definition) is 9. The van der Waals surface area contributed by atoms with Gasteiger partial charge in [0.2, 0.25) is 35.4 Å². The van der Waals surface area contributed by atoms with Crippen molar-refractivity contribution >= 4 is 65.1 Å². The number of carbonyl (C=O) groups is 9. The summed E-state index contributed by atoms with van der Waals surface area (Å²) < 4.78 is 0. The molecule has 0 aliphatic carbocycles. The first-order chi connectivity index (χ1) is 23.4. The van der Waals surface area contributed by atoms with Crippen molar-refractivity contribution in [2.24, 2.45) is 11.7 Å². The standard InChI is InChI=1S/C30H49N7O12S/c1-15(2)12-20(36-26(45)17(31)13-23(40)41)28(47)33-16(3)25(44)34-18(7-8-22(38)39)27(46)35-19(9-11-50-4)30(49)37-10-5-6-21(37)29(48)32-14-24(42)43/h15-21H,5-14,31H2,1-4H3,(H,32,48)(H,33,47)(H,34,44)(H,35,46)(H,36,45)(H,38,39)(H,40,41)(H,42,43). The largest absolute Gasteiger partial charge is 0.481 e. The van der Waals surface area contributed by atoms with Crippen molar-refractivity contribution in [3.63, 3.8) is 0 Å². The molecule has 50 heavy (non-hydrogen) atoms. The van der Waals surface area contributed by atoms with Crippen molar-refractivity contribution < 1.29 is 58.5 Å². The van der Waals surface area contributed by atoms with Crippen LogP contribution in [0.2, 0.25) is 0 Å². The van der Waals surface area contributed by atoms with Crippen LogP contribution in [0.4, 0.5) is 0 Å². The normalized spacial score (nSPS) is 17.0. The number of likely N-dealkylation sites (tertiary alicyclic amines) is 1. The van der Waals surface area contributed by atoms with E-state index < -0.39 is 109 Å². The van der Waals surface area contributed by atoms with Crippen molar-refractivity contribution in [2.75, 3.05) is 25.1 Å². The fourth-order valence-electron chi connectivity index (χ4n) is 5.02. The number of nitrogens with two attached hydrogens (primary N) is 1. The summed E-state index contributed by atoms with van der Waals surface area (Å²) in [6.45, 7) is 4.36. The van der Waals surface area contributed by atoms with Gasteiger partial charge in [-0.15, -0.1) is 0 Å². The summed E-state index contributed by atoms with van der Waals surface area (Å²) >= 11 is 1.38. The lowest BCUT2D eigenvalue weighted by molar-refractivity contribution is -0.143. The van der Waals surface area contributed by atoms with Crippen LogP contribution >= 0.6 is 11.8 Å². The average Bonchev–Trinajstić information content (AvgIpc) is 3.52. The molecule has 282 valence electrons. The summed E-state index contributed by atoms with van der Waals surface area (Å²) in [5.41, 5.74) is 5.61. The first kappa shape index (κ1) is 43.6. The Morgan fingerprint density at radius 3 is 1.94 bits per heavy atom. The SMILES string of the molecule is CSCCC(NC(=O)C(CCC(=O)O)NC(=O)C(C)NC(=O)C(CC(C)C)NC(=O)C(N)CC(=O)O)C(=O)N1CCCC1C(=O)NCC(=O)O. The Morgan fingerprint density at radius 2 is 1.38 bits per heavy atom. The number of hydrogen-bond acceptors (Lipinski definition) is 11. The summed E-state index contributed by atoms with van der Waals surface area (Å²) in [6, 6.07) is -7.51. The minimum atomic E-state index is -1.46. The minimum absolute atomic E-state index is 0.111. The topological polar surface area (TPSA) is 304 Å². The van der Waals surface area contributed by atoms with Crippen LogP contribution in [-0.4, -0.2) is 135 Å². The summed E-state index contributed by atoms with van der Waals surface area (Å²) in [6.07, 6.45) is 1.14. The first-order valence-electron chi connectivity index (χ1n) is 16.1. The molecule has 1 rings (SSSR count). The van der Waals surface area contributed by atoms with Crippen LogP contribution in [0.25, 0.3) is 0 Å². The highest BCUT2D eigenvalue weighted by atomic mass is 32.2. The number of amides is 6. The Hall–Kier alpha value is -4.46. The van der Waals surface area contributed by atoms with Gasteiger partial charge in [0.1, 0.15) is 36.8 Å². The molecule has 10 N–H and O–H groups in total. The molecule has 1 heterocycles. The smallest absolute Gasteiger partial charge is 0.322 e. The van der Waals surface area contributed by atoms with Gasteiger partial charge in [-0.2, -0.15) is 11.8 Å². The Morgan fingerprint density at radius 1 is 0.780 bits per heavy atom. The predicted octanol–water partition coefficient (Wildman–Crippen LogP) is -2.40. The lowest BCUT2D eigenvalue weighted by atomic mass is 10.0. The highest BCUT2D eigenvalue weighted by Crippen LogP contribution is 2.20. The fourth-order valence-corrected chi connectivity index (χ4v) is 5.50. The van der Waals surface area contributed by atoms with Gasteiger partial charge in [-0.25, -0.2) is 0 Å². The van der Waals surface area contributed by atoms with E-state index in [1.807, 2.05) is 0 Å². The predicted molar refractivity (Wildman–Crippen MR) is 178 cm³/mol. The van der Waals surface area contributed by atoms with E-state index in [4.69, 9.17) is 15.9 Å². The van der Waals surface area contributed by atoms with Crippen LogP contribution in [0, 0.1) is 5.92 Å². The van der Waals surface area contributed by atoms with Crippen LogP contribution in [-0.2, 0) is 43.2 Å².